The Labute approximate surface area is 122 Å². The molecule has 3 N–H and O–H groups in total. The maximum Gasteiger partial charge on any atom is 0.326 e. The van der Waals surface area contributed by atoms with Crippen LogP contribution in [0.3, 0.4) is 0 Å². The Balaban J connectivity index is 2.13. The first-order valence-electron chi connectivity index (χ1n) is 7.20. The van der Waals surface area contributed by atoms with Crippen molar-refractivity contribution in [2.45, 2.75) is 38.8 Å². The Bertz CT molecular complexity index is 516. The van der Waals surface area contributed by atoms with Gasteiger partial charge in [-0.1, -0.05) is 18.6 Å². The molecule has 2 unspecified atom stereocenters. The third-order valence-electron chi connectivity index (χ3n) is 3.95. The molecule has 1 amide bonds. The zero-order chi connectivity index (χ0) is 15.4. The predicted molar refractivity (Wildman–Crippen MR) is 74.6 cm³/mol. The van der Waals surface area contributed by atoms with Crippen molar-refractivity contribution in [2.75, 3.05) is 13.1 Å². The van der Waals surface area contributed by atoms with Gasteiger partial charge in [-0.25, -0.2) is 4.79 Å². The van der Waals surface area contributed by atoms with Crippen molar-refractivity contribution in [2.24, 2.45) is 11.7 Å². The van der Waals surface area contributed by atoms with E-state index in [1.807, 2.05) is 6.92 Å². The number of aromatic nitrogens is 3. The number of aliphatic carboxylic acids is 1. The fourth-order valence-corrected chi connectivity index (χ4v) is 2.67. The van der Waals surface area contributed by atoms with Crippen LogP contribution in [-0.4, -0.2) is 56.0 Å². The van der Waals surface area contributed by atoms with Crippen LogP contribution in [0.5, 0.6) is 0 Å². The smallest absolute Gasteiger partial charge is 0.326 e. The van der Waals surface area contributed by atoms with Crippen molar-refractivity contribution in [3.8, 4) is 0 Å². The van der Waals surface area contributed by atoms with Gasteiger partial charge in [0.05, 0.1) is 12.7 Å². The highest BCUT2D eigenvalue weighted by Gasteiger charge is 2.36. The van der Waals surface area contributed by atoms with E-state index in [1.165, 1.54) is 15.8 Å². The lowest BCUT2D eigenvalue weighted by Crippen LogP contribution is -2.50. The van der Waals surface area contributed by atoms with Crippen LogP contribution in [0.15, 0.2) is 6.20 Å². The van der Waals surface area contributed by atoms with Crippen molar-refractivity contribution in [3.63, 3.8) is 0 Å². The number of likely N-dealkylation sites (tertiary alicyclic amines) is 1. The first kappa shape index (κ1) is 15.4. The van der Waals surface area contributed by atoms with Gasteiger partial charge in [-0.05, 0) is 18.8 Å². The van der Waals surface area contributed by atoms with Crippen molar-refractivity contribution >= 4 is 11.9 Å². The quantitative estimate of drug-likeness (QED) is 0.787. The first-order chi connectivity index (χ1) is 10.1. The molecule has 1 aliphatic heterocycles. The molecule has 2 heterocycles. The molecule has 2 atom stereocenters. The van der Waals surface area contributed by atoms with E-state index in [1.54, 1.807) is 0 Å². The Kier molecular flexibility index (Phi) is 4.89. The molecule has 1 saturated heterocycles. The number of hydrogen-bond donors (Lipinski definition) is 2. The summed E-state index contributed by atoms with van der Waals surface area (Å²) in [6.45, 7) is 3.36. The third kappa shape index (κ3) is 3.38. The minimum Gasteiger partial charge on any atom is -0.480 e. The highest BCUT2D eigenvalue weighted by Crippen LogP contribution is 2.26. The molecule has 1 aliphatic rings. The Hall–Kier alpha value is -1.96. The normalized spacial score (nSPS) is 22.3. The number of nitrogens with zero attached hydrogens (tertiary/aromatic N) is 4. The number of piperidine rings is 1. The van der Waals surface area contributed by atoms with Crippen LogP contribution in [0, 0.1) is 5.92 Å². The second kappa shape index (κ2) is 6.66. The molecular formula is C13H21N5O3. The number of hydrogen-bond acceptors (Lipinski definition) is 5. The second-order valence-corrected chi connectivity index (χ2v) is 5.31. The van der Waals surface area contributed by atoms with Gasteiger partial charge in [0.15, 0.2) is 5.69 Å². The lowest BCUT2D eigenvalue weighted by atomic mass is 9.88. The number of carboxylic acids is 1. The molecule has 8 nitrogen and oxygen atoms in total. The number of nitrogens with two attached hydrogens (primary N) is 1. The maximum absolute atomic E-state index is 12.4. The molecule has 1 aromatic heterocycles. The van der Waals surface area contributed by atoms with E-state index >= 15 is 0 Å². The average molecular weight is 295 g/mol. The molecule has 0 bridgehead atoms. The number of carbonyl (C=O) groups excluding carboxylic acids is 1. The zero-order valence-corrected chi connectivity index (χ0v) is 12.1. The molecular weight excluding hydrogens is 274 g/mol. The van der Waals surface area contributed by atoms with E-state index in [2.05, 4.69) is 10.3 Å². The minimum absolute atomic E-state index is 0.171. The monoisotopic (exact) mass is 295 g/mol. The van der Waals surface area contributed by atoms with Crippen molar-refractivity contribution in [3.05, 3.63) is 11.9 Å². The Morgan fingerprint density at radius 3 is 2.90 bits per heavy atom. The fraction of sp³-hybridized carbons (Fsp3) is 0.692. The molecule has 0 saturated carbocycles. The summed E-state index contributed by atoms with van der Waals surface area (Å²) in [5.74, 6) is -0.987. The van der Waals surface area contributed by atoms with Crippen molar-refractivity contribution in [1.29, 1.82) is 0 Å². The molecule has 116 valence electrons. The highest BCUT2D eigenvalue weighted by atomic mass is 16.4. The summed E-state index contributed by atoms with van der Waals surface area (Å²) in [6, 6.07) is -0.782. The van der Waals surface area contributed by atoms with E-state index in [0.717, 1.165) is 12.8 Å². The summed E-state index contributed by atoms with van der Waals surface area (Å²) in [6.07, 6.45) is 3.76. The summed E-state index contributed by atoms with van der Waals surface area (Å²) >= 11 is 0. The van der Waals surface area contributed by atoms with E-state index in [9.17, 15) is 14.7 Å². The van der Waals surface area contributed by atoms with Crippen LogP contribution in [-0.2, 0) is 11.3 Å². The van der Waals surface area contributed by atoms with Gasteiger partial charge in [-0.2, -0.15) is 0 Å². The van der Waals surface area contributed by atoms with Gasteiger partial charge in [0.1, 0.15) is 6.04 Å². The molecule has 0 aromatic carbocycles. The van der Waals surface area contributed by atoms with Crippen molar-refractivity contribution < 1.29 is 14.7 Å². The molecule has 1 aromatic rings. The fourth-order valence-electron chi connectivity index (χ4n) is 2.67. The van der Waals surface area contributed by atoms with Gasteiger partial charge in [-0.15, -0.1) is 5.10 Å². The highest BCUT2D eigenvalue weighted by molar-refractivity contribution is 5.94. The van der Waals surface area contributed by atoms with Crippen LogP contribution < -0.4 is 5.73 Å². The summed E-state index contributed by atoms with van der Waals surface area (Å²) in [5.41, 5.74) is 5.59. The maximum atomic E-state index is 12.4. The number of carbonyl (C=O) groups is 2. The molecule has 2 rings (SSSR count). The first-order valence-corrected chi connectivity index (χ1v) is 7.20. The predicted octanol–water partition coefficient (Wildman–Crippen LogP) is -0.0478. The van der Waals surface area contributed by atoms with Crippen LogP contribution >= 0.6 is 0 Å². The molecule has 1 fully saturated rings. The standard InChI is InChI=1S/C13H21N5O3/c1-2-9-3-5-18(11(7-9)13(20)21)12(19)10-8-17(6-4-14)16-15-10/h8-9,11H,2-7,14H2,1H3,(H,20,21). The summed E-state index contributed by atoms with van der Waals surface area (Å²) in [7, 11) is 0. The van der Waals surface area contributed by atoms with Crippen LogP contribution in [0.1, 0.15) is 36.7 Å². The molecule has 21 heavy (non-hydrogen) atoms. The molecule has 0 aliphatic carbocycles. The van der Waals surface area contributed by atoms with Crippen LogP contribution in [0.2, 0.25) is 0 Å². The zero-order valence-electron chi connectivity index (χ0n) is 12.1. The molecule has 8 heteroatoms. The van der Waals surface area contributed by atoms with Gasteiger partial charge < -0.3 is 15.7 Å². The van der Waals surface area contributed by atoms with Gasteiger partial charge in [0, 0.05) is 13.1 Å². The Morgan fingerprint density at radius 2 is 2.29 bits per heavy atom. The van der Waals surface area contributed by atoms with E-state index in [4.69, 9.17) is 5.73 Å². The summed E-state index contributed by atoms with van der Waals surface area (Å²) in [5, 5.41) is 17.0. The van der Waals surface area contributed by atoms with Gasteiger partial charge in [-0.3, -0.25) is 9.48 Å². The molecule has 0 spiro atoms. The van der Waals surface area contributed by atoms with E-state index in [0.29, 0.717) is 32.0 Å². The average Bonchev–Trinajstić information content (AvgIpc) is 2.94. The van der Waals surface area contributed by atoms with Gasteiger partial charge in [0.25, 0.3) is 5.91 Å². The second-order valence-electron chi connectivity index (χ2n) is 5.31. The van der Waals surface area contributed by atoms with Gasteiger partial charge in [0.2, 0.25) is 0 Å². The number of amides is 1. The summed E-state index contributed by atoms with van der Waals surface area (Å²) < 4.78 is 1.49. The van der Waals surface area contributed by atoms with E-state index in [-0.39, 0.29) is 11.6 Å². The van der Waals surface area contributed by atoms with Crippen LogP contribution in [0.4, 0.5) is 0 Å². The lowest BCUT2D eigenvalue weighted by molar-refractivity contribution is -0.144. The van der Waals surface area contributed by atoms with Crippen LogP contribution in [0.25, 0.3) is 0 Å². The topological polar surface area (TPSA) is 114 Å². The Morgan fingerprint density at radius 1 is 1.52 bits per heavy atom. The van der Waals surface area contributed by atoms with Gasteiger partial charge >= 0.3 is 5.97 Å². The third-order valence-corrected chi connectivity index (χ3v) is 3.95. The van der Waals surface area contributed by atoms with Crippen molar-refractivity contribution in [1.82, 2.24) is 19.9 Å². The lowest BCUT2D eigenvalue weighted by Gasteiger charge is -2.36. The van der Waals surface area contributed by atoms with E-state index < -0.39 is 12.0 Å². The number of rotatable bonds is 5. The largest absolute Gasteiger partial charge is 0.480 e. The number of carboxylic acid groups (broad SMARTS) is 1. The SMILES string of the molecule is CCC1CCN(C(=O)c2cn(CCN)nn2)C(C(=O)O)C1. The summed E-state index contributed by atoms with van der Waals surface area (Å²) in [4.78, 5) is 25.3. The minimum atomic E-state index is -0.962. The molecule has 0 radical (unpaired) electrons.